The monoisotopic (exact) mass is 503 g/mol. The number of hydrogen-bond donors (Lipinski definition) is 3. The lowest BCUT2D eigenvalue weighted by Gasteiger charge is -2.14. The van der Waals surface area contributed by atoms with Gasteiger partial charge >= 0.3 is 0 Å². The average molecular weight is 504 g/mol. The van der Waals surface area contributed by atoms with Crippen molar-refractivity contribution in [3.05, 3.63) is 72.3 Å². The van der Waals surface area contributed by atoms with Gasteiger partial charge in [0.1, 0.15) is 11.5 Å². The van der Waals surface area contributed by atoms with Crippen LogP contribution in [0.3, 0.4) is 0 Å². The van der Waals surface area contributed by atoms with E-state index in [9.17, 15) is 14.7 Å². The van der Waals surface area contributed by atoms with Crippen molar-refractivity contribution in [2.24, 2.45) is 0 Å². The Morgan fingerprint density at radius 3 is 2.67 bits per heavy atom. The number of anilines is 1. The van der Waals surface area contributed by atoms with Crippen LogP contribution in [0.25, 0.3) is 11.4 Å². The van der Waals surface area contributed by atoms with E-state index in [1.54, 1.807) is 36.4 Å². The van der Waals surface area contributed by atoms with Crippen LogP contribution in [0.5, 0.6) is 11.5 Å². The summed E-state index contributed by atoms with van der Waals surface area (Å²) < 4.78 is 5.71. The normalized spacial score (nSPS) is 11.6. The first-order chi connectivity index (χ1) is 17.6. The van der Waals surface area contributed by atoms with Gasteiger partial charge in [0.05, 0.1) is 5.69 Å². The third-order valence-electron chi connectivity index (χ3n) is 5.30. The predicted octanol–water partition coefficient (Wildman–Crippen LogP) is 5.11. The summed E-state index contributed by atoms with van der Waals surface area (Å²) in [6.45, 7) is 2.06. The molecule has 0 saturated heterocycles. The molecule has 0 radical (unpaired) electrons. The van der Waals surface area contributed by atoms with Crippen molar-refractivity contribution < 1.29 is 19.4 Å². The molecule has 0 fully saturated rings. The molecule has 4 aromatic rings. The Labute approximate surface area is 212 Å². The van der Waals surface area contributed by atoms with E-state index < -0.39 is 6.10 Å². The quantitative estimate of drug-likeness (QED) is 0.190. The van der Waals surface area contributed by atoms with Gasteiger partial charge in [-0.1, -0.05) is 37.2 Å². The van der Waals surface area contributed by atoms with Crippen LogP contribution in [0.1, 0.15) is 36.5 Å². The zero-order chi connectivity index (χ0) is 25.3. The molecule has 4 rings (SSSR count). The minimum Gasteiger partial charge on any atom is -0.508 e. The second-order valence-corrected chi connectivity index (χ2v) is 9.01. The first-order valence-electron chi connectivity index (χ1n) is 11.4. The number of phenolic OH excluding ortho intramolecular Hbond substituents is 1. The van der Waals surface area contributed by atoms with Crippen molar-refractivity contribution in [2.75, 3.05) is 5.32 Å². The SMILES string of the molecule is CCCCC(C=O)Oc1ccc(C(=O)Nc2ccc(O)cc2Sc2ccccc2-c2nn[nH]n2)cc1. The van der Waals surface area contributed by atoms with Crippen LogP contribution in [0, 0.1) is 0 Å². The van der Waals surface area contributed by atoms with Gasteiger partial charge in [0.25, 0.3) is 5.91 Å². The van der Waals surface area contributed by atoms with Gasteiger partial charge in [-0.15, -0.1) is 10.2 Å². The largest absolute Gasteiger partial charge is 0.508 e. The highest BCUT2D eigenvalue weighted by Gasteiger charge is 2.15. The van der Waals surface area contributed by atoms with Crippen molar-refractivity contribution in [2.45, 2.75) is 42.1 Å². The predicted molar refractivity (Wildman–Crippen MR) is 136 cm³/mol. The third-order valence-corrected chi connectivity index (χ3v) is 6.44. The number of aromatic nitrogens is 4. The minimum absolute atomic E-state index is 0.0712. The smallest absolute Gasteiger partial charge is 0.255 e. The second-order valence-electron chi connectivity index (χ2n) is 7.93. The number of amides is 1. The number of nitrogens with one attached hydrogen (secondary N) is 2. The number of aromatic amines is 1. The summed E-state index contributed by atoms with van der Waals surface area (Å²) in [4.78, 5) is 25.7. The third kappa shape index (κ3) is 6.28. The van der Waals surface area contributed by atoms with Crippen LogP contribution < -0.4 is 10.1 Å². The fraction of sp³-hybridized carbons (Fsp3) is 0.192. The number of nitrogens with zero attached hydrogens (tertiary/aromatic N) is 3. The molecule has 1 aromatic heterocycles. The summed E-state index contributed by atoms with van der Waals surface area (Å²) in [5.41, 5.74) is 1.72. The Hall–Kier alpha value is -4.18. The van der Waals surface area contributed by atoms with Gasteiger partial charge in [-0.2, -0.15) is 5.21 Å². The topological polar surface area (TPSA) is 130 Å². The summed E-state index contributed by atoms with van der Waals surface area (Å²) in [6.07, 6.45) is 2.83. The fourth-order valence-corrected chi connectivity index (χ4v) is 4.51. The molecule has 0 aliphatic heterocycles. The highest BCUT2D eigenvalue weighted by atomic mass is 32.2. The molecule has 1 amide bonds. The van der Waals surface area contributed by atoms with E-state index in [2.05, 4.69) is 32.9 Å². The van der Waals surface area contributed by atoms with Crippen LogP contribution in [0.4, 0.5) is 5.69 Å². The Kier molecular flexibility index (Phi) is 8.30. The molecule has 36 heavy (non-hydrogen) atoms. The molecule has 0 saturated carbocycles. The number of aldehydes is 1. The zero-order valence-electron chi connectivity index (χ0n) is 19.5. The number of ether oxygens (including phenoxy) is 1. The molecule has 0 spiro atoms. The molecule has 10 heteroatoms. The number of carbonyl (C=O) groups is 2. The number of rotatable bonds is 11. The van der Waals surface area contributed by atoms with Gasteiger partial charge in [-0.05, 0) is 72.7 Å². The van der Waals surface area contributed by atoms with Gasteiger partial charge in [0, 0.05) is 20.9 Å². The van der Waals surface area contributed by atoms with Gasteiger partial charge < -0.3 is 15.2 Å². The maximum atomic E-state index is 13.0. The summed E-state index contributed by atoms with van der Waals surface area (Å²) in [6, 6.07) is 18.9. The van der Waals surface area contributed by atoms with Crippen molar-refractivity contribution in [1.29, 1.82) is 0 Å². The lowest BCUT2D eigenvalue weighted by molar-refractivity contribution is -0.114. The van der Waals surface area contributed by atoms with Crippen LogP contribution in [0.15, 0.2) is 76.5 Å². The van der Waals surface area contributed by atoms with Crippen LogP contribution >= 0.6 is 11.8 Å². The Bertz CT molecular complexity index is 1310. The first kappa shape index (κ1) is 24.9. The fourth-order valence-electron chi connectivity index (χ4n) is 3.45. The standard InChI is InChI=1S/C26H25N5O4S/c1-2-3-6-20(16-32)35-19-12-9-17(10-13-19)26(34)27-22-14-11-18(33)15-24(22)36-23-8-5-4-7-21(23)25-28-30-31-29-25/h4-5,7-16,20,33H,2-3,6H2,1H3,(H,27,34)(H,28,29,30,31). The van der Waals surface area contributed by atoms with Crippen LogP contribution in [-0.4, -0.2) is 44.0 Å². The molecule has 0 bridgehead atoms. The van der Waals surface area contributed by atoms with E-state index >= 15 is 0 Å². The van der Waals surface area contributed by atoms with E-state index in [1.807, 2.05) is 24.3 Å². The second kappa shape index (κ2) is 12.0. The van der Waals surface area contributed by atoms with Gasteiger partial charge in [0.2, 0.25) is 5.82 Å². The molecule has 1 atom stereocenters. The number of phenols is 1. The van der Waals surface area contributed by atoms with E-state index in [0.717, 1.165) is 29.6 Å². The molecule has 3 N–H and O–H groups in total. The van der Waals surface area contributed by atoms with Crippen molar-refractivity contribution in [3.63, 3.8) is 0 Å². The highest BCUT2D eigenvalue weighted by molar-refractivity contribution is 7.99. The maximum Gasteiger partial charge on any atom is 0.255 e. The van der Waals surface area contributed by atoms with Crippen molar-refractivity contribution in [1.82, 2.24) is 20.6 Å². The molecular weight excluding hydrogens is 478 g/mol. The number of aromatic hydroxyl groups is 1. The van der Waals surface area contributed by atoms with Gasteiger partial charge in [-0.3, -0.25) is 9.59 Å². The summed E-state index contributed by atoms with van der Waals surface area (Å²) in [7, 11) is 0. The Morgan fingerprint density at radius 1 is 1.14 bits per heavy atom. The summed E-state index contributed by atoms with van der Waals surface area (Å²) >= 11 is 1.36. The minimum atomic E-state index is -0.503. The number of tetrazole rings is 1. The van der Waals surface area contributed by atoms with Gasteiger partial charge in [-0.25, -0.2) is 0 Å². The van der Waals surface area contributed by atoms with E-state index in [4.69, 9.17) is 4.74 Å². The number of unbranched alkanes of at least 4 members (excludes halogenated alkanes) is 1. The Balaban J connectivity index is 1.50. The molecule has 0 aliphatic rings. The molecule has 184 valence electrons. The lowest BCUT2D eigenvalue weighted by Crippen LogP contribution is -2.18. The van der Waals surface area contributed by atoms with E-state index in [0.29, 0.717) is 34.1 Å². The molecule has 1 heterocycles. The van der Waals surface area contributed by atoms with Gasteiger partial charge in [0.15, 0.2) is 12.4 Å². The molecule has 3 aromatic carbocycles. The van der Waals surface area contributed by atoms with Crippen LogP contribution in [0.2, 0.25) is 0 Å². The molecule has 0 aliphatic carbocycles. The molecule has 9 nitrogen and oxygen atoms in total. The lowest BCUT2D eigenvalue weighted by atomic mass is 10.1. The zero-order valence-corrected chi connectivity index (χ0v) is 20.4. The van der Waals surface area contributed by atoms with Crippen molar-refractivity contribution in [3.8, 4) is 22.9 Å². The maximum absolute atomic E-state index is 13.0. The molecule has 1 unspecified atom stereocenters. The summed E-state index contributed by atoms with van der Waals surface area (Å²) in [5.74, 6) is 0.719. The van der Waals surface area contributed by atoms with Crippen LogP contribution in [-0.2, 0) is 4.79 Å². The number of benzene rings is 3. The Morgan fingerprint density at radius 2 is 1.94 bits per heavy atom. The number of hydrogen-bond acceptors (Lipinski definition) is 8. The summed E-state index contributed by atoms with van der Waals surface area (Å²) in [5, 5.41) is 27.2. The average Bonchev–Trinajstić information content (AvgIpc) is 3.43. The van der Waals surface area contributed by atoms with E-state index in [-0.39, 0.29) is 11.7 Å². The number of carbonyl (C=O) groups excluding carboxylic acids is 2. The highest BCUT2D eigenvalue weighted by Crippen LogP contribution is 2.39. The van der Waals surface area contributed by atoms with E-state index in [1.165, 1.54) is 17.8 Å². The first-order valence-corrected chi connectivity index (χ1v) is 12.3. The number of H-pyrrole nitrogens is 1. The molecular formula is C26H25N5O4S. The van der Waals surface area contributed by atoms with Crippen molar-refractivity contribution >= 4 is 29.6 Å².